The van der Waals surface area contributed by atoms with Gasteiger partial charge in [0.2, 0.25) is 0 Å². The Bertz CT molecular complexity index is 1220. The van der Waals surface area contributed by atoms with Crippen molar-refractivity contribution in [2.45, 2.75) is 45.5 Å². The number of benzene rings is 2. The van der Waals surface area contributed by atoms with E-state index in [1.807, 2.05) is 57.0 Å². The lowest BCUT2D eigenvalue weighted by Crippen LogP contribution is -2.51. The highest BCUT2D eigenvalue weighted by atomic mass is 35.5. The molecule has 0 fully saturated rings. The zero-order chi connectivity index (χ0) is 25.8. The largest absolute Gasteiger partial charge is 0.484 e. The summed E-state index contributed by atoms with van der Waals surface area (Å²) in [6.45, 7) is 7.30. The van der Waals surface area contributed by atoms with Gasteiger partial charge in [0.05, 0.1) is 17.3 Å². The zero-order valence-corrected chi connectivity index (χ0v) is 21.7. The Balaban J connectivity index is 1.64. The minimum atomic E-state index is -0.325. The molecule has 0 bridgehead atoms. The van der Waals surface area contributed by atoms with Crippen molar-refractivity contribution in [1.82, 2.24) is 14.8 Å². The number of carbonyl (C=O) groups is 2. The second-order valence-electron chi connectivity index (χ2n) is 9.40. The highest BCUT2D eigenvalue weighted by molar-refractivity contribution is 6.30. The number of ether oxygens (including phenoxy) is 1. The summed E-state index contributed by atoms with van der Waals surface area (Å²) in [5.41, 5.74) is 2.50. The highest BCUT2D eigenvalue weighted by Gasteiger charge is 2.38. The first-order chi connectivity index (χ1) is 17.2. The van der Waals surface area contributed by atoms with Crippen molar-refractivity contribution in [1.29, 1.82) is 0 Å². The number of nitrogens with one attached hydrogen (secondary N) is 1. The molecule has 1 N–H and O–H groups in total. The number of hydrogen-bond donors (Lipinski definition) is 1. The lowest BCUT2D eigenvalue weighted by Gasteiger charge is -2.36. The number of anilines is 1. The molecule has 0 spiro atoms. The van der Waals surface area contributed by atoms with Crippen LogP contribution >= 0.6 is 11.6 Å². The lowest BCUT2D eigenvalue weighted by molar-refractivity contribution is 0.0374. The van der Waals surface area contributed by atoms with Crippen LogP contribution in [0.4, 0.5) is 5.69 Å². The highest BCUT2D eigenvalue weighted by Crippen LogP contribution is 2.36. The molecule has 2 aromatic carbocycles. The van der Waals surface area contributed by atoms with Crippen LogP contribution < -0.4 is 10.1 Å². The van der Waals surface area contributed by atoms with Gasteiger partial charge in [0.15, 0.2) is 5.75 Å². The quantitative estimate of drug-likeness (QED) is 0.481. The van der Waals surface area contributed by atoms with E-state index >= 15 is 0 Å². The molecule has 2 amide bonds. The van der Waals surface area contributed by atoms with Crippen LogP contribution in [0.25, 0.3) is 0 Å². The summed E-state index contributed by atoms with van der Waals surface area (Å²) in [7, 11) is 2.02. The normalized spacial score (nSPS) is 17.5. The second-order valence-corrected chi connectivity index (χ2v) is 9.84. The van der Waals surface area contributed by atoms with Gasteiger partial charge < -0.3 is 15.0 Å². The third kappa shape index (κ3) is 5.69. The number of carbonyl (C=O) groups excluding carboxylic acids is 2. The van der Waals surface area contributed by atoms with Crippen molar-refractivity contribution < 1.29 is 14.3 Å². The number of para-hydroxylation sites is 1. The average molecular weight is 507 g/mol. The summed E-state index contributed by atoms with van der Waals surface area (Å²) >= 11 is 6.03. The van der Waals surface area contributed by atoms with Crippen molar-refractivity contribution in [2.24, 2.45) is 0 Å². The predicted molar refractivity (Wildman–Crippen MR) is 142 cm³/mol. The summed E-state index contributed by atoms with van der Waals surface area (Å²) in [6.07, 6.45) is 2.80. The maximum atomic E-state index is 13.6. The van der Waals surface area contributed by atoms with Gasteiger partial charge in [-0.15, -0.1) is 0 Å². The Labute approximate surface area is 217 Å². The van der Waals surface area contributed by atoms with Gasteiger partial charge in [-0.05, 0) is 69.8 Å². The fourth-order valence-electron chi connectivity index (χ4n) is 4.55. The van der Waals surface area contributed by atoms with E-state index < -0.39 is 0 Å². The molecule has 3 aromatic rings. The van der Waals surface area contributed by atoms with Crippen LogP contribution in [0.5, 0.6) is 5.75 Å². The summed E-state index contributed by atoms with van der Waals surface area (Å²) in [5.74, 6) is -0.0172. The van der Waals surface area contributed by atoms with Crippen molar-refractivity contribution >= 4 is 29.1 Å². The lowest BCUT2D eigenvalue weighted by atomic mass is 10.1. The number of likely N-dealkylation sites (N-methyl/N-ethyl adjacent to an activating group) is 1. The molecule has 2 atom stereocenters. The second kappa shape index (κ2) is 11.1. The molecule has 7 nitrogen and oxygen atoms in total. The van der Waals surface area contributed by atoms with Gasteiger partial charge in [-0.2, -0.15) is 0 Å². The number of pyridine rings is 1. The minimum Gasteiger partial charge on any atom is -0.484 e. The molecule has 188 valence electrons. The van der Waals surface area contributed by atoms with Gasteiger partial charge in [0, 0.05) is 42.1 Å². The van der Waals surface area contributed by atoms with Gasteiger partial charge in [0.1, 0.15) is 6.10 Å². The number of amides is 2. The molecule has 8 heteroatoms. The van der Waals surface area contributed by atoms with E-state index in [9.17, 15) is 9.59 Å². The van der Waals surface area contributed by atoms with Crippen molar-refractivity contribution in [3.05, 3.63) is 88.7 Å². The molecule has 1 aromatic heterocycles. The maximum absolute atomic E-state index is 13.6. The van der Waals surface area contributed by atoms with Crippen molar-refractivity contribution in [3.8, 4) is 5.75 Å². The molecule has 0 saturated heterocycles. The number of halogens is 1. The zero-order valence-electron chi connectivity index (χ0n) is 20.9. The molecule has 36 heavy (non-hydrogen) atoms. The van der Waals surface area contributed by atoms with Crippen LogP contribution in [0.1, 0.15) is 47.1 Å². The number of nitrogens with zero attached hydrogens (tertiary/aromatic N) is 3. The summed E-state index contributed by atoms with van der Waals surface area (Å²) in [5, 5.41) is 3.62. The van der Waals surface area contributed by atoms with E-state index in [1.165, 1.54) is 0 Å². The fourth-order valence-corrected chi connectivity index (χ4v) is 4.68. The van der Waals surface area contributed by atoms with E-state index in [2.05, 4.69) is 15.2 Å². The third-order valence-electron chi connectivity index (χ3n) is 6.33. The van der Waals surface area contributed by atoms with E-state index in [0.29, 0.717) is 40.7 Å². The van der Waals surface area contributed by atoms with Crippen LogP contribution in [-0.2, 0) is 6.54 Å². The topological polar surface area (TPSA) is 74.8 Å². The van der Waals surface area contributed by atoms with Gasteiger partial charge in [-0.3, -0.25) is 19.5 Å². The fraction of sp³-hybridized carbons (Fsp3) is 0.321. The van der Waals surface area contributed by atoms with Crippen LogP contribution in [0.2, 0.25) is 5.02 Å². The molecule has 0 radical (unpaired) electrons. The van der Waals surface area contributed by atoms with E-state index in [1.54, 1.807) is 42.7 Å². The monoisotopic (exact) mass is 506 g/mol. The van der Waals surface area contributed by atoms with E-state index in [4.69, 9.17) is 16.3 Å². The third-order valence-corrected chi connectivity index (χ3v) is 6.58. The molecular formula is C28H31ClN4O3. The number of fused-ring (bicyclic) bond motifs is 1. The Hall–Kier alpha value is -3.42. The molecular weight excluding hydrogens is 476 g/mol. The summed E-state index contributed by atoms with van der Waals surface area (Å²) in [6, 6.07) is 16.1. The van der Waals surface area contributed by atoms with Gasteiger partial charge in [-0.1, -0.05) is 29.8 Å². The van der Waals surface area contributed by atoms with E-state index in [-0.39, 0.29) is 30.0 Å². The van der Waals surface area contributed by atoms with Crippen LogP contribution in [0.15, 0.2) is 67.0 Å². The molecule has 2 unspecified atom stereocenters. The molecule has 1 aliphatic heterocycles. The van der Waals surface area contributed by atoms with Gasteiger partial charge >= 0.3 is 0 Å². The molecule has 4 rings (SSSR count). The minimum absolute atomic E-state index is 0.0267. The van der Waals surface area contributed by atoms with E-state index in [0.717, 1.165) is 5.56 Å². The molecule has 1 aliphatic rings. The number of hydrogen-bond acceptors (Lipinski definition) is 5. The standard InChI is InChI=1S/C28H31ClN4O3/c1-18(2)33-19(3)25(17-32(4)16-20-8-10-22(29)11-9-20)36-26-23(28(33)35)6-5-7-24(26)31-27(34)21-12-14-30-15-13-21/h5-15,18-19,25H,16-17H2,1-4H3,(H,31,34). The Morgan fingerprint density at radius 1 is 1.14 bits per heavy atom. The van der Waals surface area contributed by atoms with Crippen LogP contribution in [0.3, 0.4) is 0 Å². The Morgan fingerprint density at radius 2 is 1.83 bits per heavy atom. The number of aromatic nitrogens is 1. The molecule has 2 heterocycles. The average Bonchev–Trinajstić information content (AvgIpc) is 2.96. The van der Waals surface area contributed by atoms with Gasteiger partial charge in [0.25, 0.3) is 11.8 Å². The van der Waals surface area contributed by atoms with Crippen molar-refractivity contribution in [3.63, 3.8) is 0 Å². The first-order valence-electron chi connectivity index (χ1n) is 12.0. The first-order valence-corrected chi connectivity index (χ1v) is 12.4. The molecule has 0 aliphatic carbocycles. The summed E-state index contributed by atoms with van der Waals surface area (Å²) < 4.78 is 6.56. The summed E-state index contributed by atoms with van der Waals surface area (Å²) in [4.78, 5) is 34.5. The smallest absolute Gasteiger partial charge is 0.258 e. The molecule has 0 saturated carbocycles. The van der Waals surface area contributed by atoms with Gasteiger partial charge in [-0.25, -0.2) is 0 Å². The number of rotatable bonds is 7. The van der Waals surface area contributed by atoms with Crippen molar-refractivity contribution in [2.75, 3.05) is 18.9 Å². The van der Waals surface area contributed by atoms with Crippen LogP contribution in [-0.4, -0.2) is 58.4 Å². The first kappa shape index (κ1) is 25.7. The predicted octanol–water partition coefficient (Wildman–Crippen LogP) is 5.12. The van der Waals surface area contributed by atoms with Crippen LogP contribution in [0, 0.1) is 0 Å². The maximum Gasteiger partial charge on any atom is 0.258 e. The Morgan fingerprint density at radius 3 is 2.50 bits per heavy atom. The Kier molecular flexibility index (Phi) is 7.91. The SMILES string of the molecule is CC(C)N1C(=O)c2cccc(NC(=O)c3ccncc3)c2OC(CN(C)Cc2ccc(Cl)cc2)C1C.